The molecule has 6 heteroatoms. The number of hydrogen-bond acceptors (Lipinski definition) is 3. The first kappa shape index (κ1) is 14.4. The molecule has 0 aliphatic heterocycles. The van der Waals surface area contributed by atoms with Gasteiger partial charge in [-0.05, 0) is 47.2 Å². The fourth-order valence-electron chi connectivity index (χ4n) is 2.04. The lowest BCUT2D eigenvalue weighted by molar-refractivity contribution is 0.519. The van der Waals surface area contributed by atoms with Crippen LogP contribution in [0.4, 0.5) is 4.39 Å². The van der Waals surface area contributed by atoms with Gasteiger partial charge in [-0.1, -0.05) is 6.07 Å². The number of imidazole rings is 1. The summed E-state index contributed by atoms with van der Waals surface area (Å²) in [7, 11) is 0. The van der Waals surface area contributed by atoms with E-state index in [1.54, 1.807) is 12.3 Å². The van der Waals surface area contributed by atoms with Crippen molar-refractivity contribution in [3.05, 3.63) is 51.4 Å². The summed E-state index contributed by atoms with van der Waals surface area (Å²) in [4.78, 5) is 4.34. The van der Waals surface area contributed by atoms with Crippen molar-refractivity contribution in [1.82, 2.24) is 15.0 Å². The Kier molecular flexibility index (Phi) is 4.89. The van der Waals surface area contributed by atoms with Crippen molar-refractivity contribution in [3.63, 3.8) is 0 Å². The van der Waals surface area contributed by atoms with Crippen LogP contribution in [0.2, 0.25) is 0 Å². The van der Waals surface area contributed by atoms with Gasteiger partial charge in [-0.2, -0.15) is 0 Å². The predicted molar refractivity (Wildman–Crippen MR) is 80.8 cm³/mol. The van der Waals surface area contributed by atoms with Gasteiger partial charge in [0.15, 0.2) is 0 Å². The first-order valence-corrected chi connectivity index (χ1v) is 7.14. The molecule has 2 rings (SSSR count). The van der Waals surface area contributed by atoms with Gasteiger partial charge >= 0.3 is 0 Å². The quantitative estimate of drug-likeness (QED) is 0.480. The first-order valence-electron chi connectivity index (χ1n) is 6.06. The van der Waals surface area contributed by atoms with Crippen LogP contribution in [-0.2, 0) is 13.0 Å². The molecule has 0 spiro atoms. The smallest absolute Gasteiger partial charge is 0.124 e. The van der Waals surface area contributed by atoms with Crippen molar-refractivity contribution in [2.75, 3.05) is 0 Å². The lowest BCUT2D eigenvalue weighted by Gasteiger charge is -2.18. The fourth-order valence-corrected chi connectivity index (χ4v) is 2.90. The molecule has 0 fully saturated rings. The van der Waals surface area contributed by atoms with Crippen LogP contribution in [0.25, 0.3) is 0 Å². The summed E-state index contributed by atoms with van der Waals surface area (Å²) in [6.45, 7) is 2.94. The van der Waals surface area contributed by atoms with Crippen molar-refractivity contribution >= 4 is 22.6 Å². The van der Waals surface area contributed by atoms with Crippen LogP contribution >= 0.6 is 22.6 Å². The largest absolute Gasteiger partial charge is 0.335 e. The molecule has 0 amide bonds. The number of nitrogens with one attached hydrogen (secondary N) is 1. The molecule has 19 heavy (non-hydrogen) atoms. The van der Waals surface area contributed by atoms with Crippen molar-refractivity contribution < 1.29 is 4.39 Å². The molecule has 0 saturated heterocycles. The number of nitrogens with two attached hydrogens (primary N) is 1. The van der Waals surface area contributed by atoms with E-state index in [0.717, 1.165) is 21.5 Å². The third-order valence-electron chi connectivity index (χ3n) is 3.07. The van der Waals surface area contributed by atoms with Crippen LogP contribution in [-0.4, -0.2) is 9.55 Å². The second-order valence-corrected chi connectivity index (χ2v) is 5.38. The molecule has 1 aromatic carbocycles. The molecule has 0 aliphatic rings. The number of hydrazine groups is 1. The van der Waals surface area contributed by atoms with E-state index in [4.69, 9.17) is 5.84 Å². The van der Waals surface area contributed by atoms with Crippen molar-refractivity contribution in [2.45, 2.75) is 25.9 Å². The summed E-state index contributed by atoms with van der Waals surface area (Å²) in [6, 6.07) is 4.64. The van der Waals surface area contributed by atoms with Gasteiger partial charge < -0.3 is 4.57 Å². The molecule has 4 nitrogen and oxygen atoms in total. The van der Waals surface area contributed by atoms with Crippen molar-refractivity contribution in [2.24, 2.45) is 5.84 Å². The Bertz CT molecular complexity index is 555. The maximum atomic E-state index is 13.1. The molecule has 0 saturated carbocycles. The fraction of sp³-hybridized carbons (Fsp3) is 0.308. The minimum atomic E-state index is -0.237. The number of halogens is 2. The van der Waals surface area contributed by atoms with Crippen molar-refractivity contribution in [3.8, 4) is 0 Å². The van der Waals surface area contributed by atoms with Gasteiger partial charge in [-0.3, -0.25) is 11.3 Å². The zero-order chi connectivity index (χ0) is 13.8. The molecule has 1 aromatic heterocycles. The van der Waals surface area contributed by atoms with Gasteiger partial charge in [0.05, 0.1) is 6.04 Å². The van der Waals surface area contributed by atoms with Gasteiger partial charge in [0.1, 0.15) is 11.6 Å². The van der Waals surface area contributed by atoms with Crippen LogP contribution < -0.4 is 11.3 Å². The molecular weight excluding hydrogens is 358 g/mol. The van der Waals surface area contributed by atoms with Crippen LogP contribution in [0.15, 0.2) is 30.6 Å². The standard InChI is InChI=1S/C13H16FIN4/c1-2-19-6-5-17-13(19)8-12(18-16)10-4-3-9(14)7-11(10)15/h3-7,12,18H,2,8,16H2,1H3. The number of benzene rings is 1. The van der Waals surface area contributed by atoms with Crippen LogP contribution in [0, 0.1) is 9.39 Å². The summed E-state index contributed by atoms with van der Waals surface area (Å²) in [6.07, 6.45) is 4.39. The average molecular weight is 374 g/mol. The molecule has 1 atom stereocenters. The maximum absolute atomic E-state index is 13.1. The van der Waals surface area contributed by atoms with E-state index in [9.17, 15) is 4.39 Å². The second-order valence-electron chi connectivity index (χ2n) is 4.22. The lowest BCUT2D eigenvalue weighted by Crippen LogP contribution is -2.31. The summed E-state index contributed by atoms with van der Waals surface area (Å²) < 4.78 is 16.1. The monoisotopic (exact) mass is 374 g/mol. The van der Waals surface area contributed by atoms with Crippen molar-refractivity contribution in [1.29, 1.82) is 0 Å². The van der Waals surface area contributed by atoms with E-state index in [1.807, 2.05) is 6.20 Å². The Hall–Kier alpha value is -0.990. The minimum Gasteiger partial charge on any atom is -0.335 e. The Morgan fingerprint density at radius 1 is 1.53 bits per heavy atom. The average Bonchev–Trinajstić information content (AvgIpc) is 2.84. The van der Waals surface area contributed by atoms with Gasteiger partial charge in [-0.25, -0.2) is 9.37 Å². The van der Waals surface area contributed by atoms with Crippen LogP contribution in [0.1, 0.15) is 24.4 Å². The zero-order valence-corrected chi connectivity index (χ0v) is 12.8. The Balaban J connectivity index is 2.25. The Labute approximate surface area is 125 Å². The van der Waals surface area contributed by atoms with Gasteiger partial charge in [0.25, 0.3) is 0 Å². The molecule has 1 heterocycles. The van der Waals surface area contributed by atoms with E-state index >= 15 is 0 Å². The number of hydrogen-bond donors (Lipinski definition) is 2. The molecule has 3 N–H and O–H groups in total. The third-order valence-corrected chi connectivity index (χ3v) is 4.00. The third kappa shape index (κ3) is 3.31. The normalized spacial score (nSPS) is 12.6. The van der Waals surface area contributed by atoms with E-state index in [2.05, 4.69) is 44.5 Å². The molecule has 1 unspecified atom stereocenters. The minimum absolute atomic E-state index is 0.0831. The summed E-state index contributed by atoms with van der Waals surface area (Å²) in [5, 5.41) is 0. The van der Waals surface area contributed by atoms with E-state index in [0.29, 0.717) is 6.42 Å². The van der Waals surface area contributed by atoms with Crippen LogP contribution in [0.3, 0.4) is 0 Å². The first-order chi connectivity index (χ1) is 9.15. The van der Waals surface area contributed by atoms with E-state index in [-0.39, 0.29) is 11.9 Å². The highest BCUT2D eigenvalue weighted by molar-refractivity contribution is 14.1. The number of aryl methyl sites for hydroxylation is 1. The topological polar surface area (TPSA) is 55.9 Å². The van der Waals surface area contributed by atoms with Crippen LogP contribution in [0.5, 0.6) is 0 Å². The highest BCUT2D eigenvalue weighted by Gasteiger charge is 2.16. The van der Waals surface area contributed by atoms with Gasteiger partial charge in [-0.15, -0.1) is 0 Å². The second kappa shape index (κ2) is 6.44. The maximum Gasteiger partial charge on any atom is 0.124 e. The Morgan fingerprint density at radius 3 is 2.95 bits per heavy atom. The lowest BCUT2D eigenvalue weighted by atomic mass is 10.0. The molecule has 0 aliphatic carbocycles. The molecule has 0 bridgehead atoms. The zero-order valence-electron chi connectivity index (χ0n) is 10.6. The number of aromatic nitrogens is 2. The van der Waals surface area contributed by atoms with E-state index in [1.165, 1.54) is 12.1 Å². The summed E-state index contributed by atoms with van der Waals surface area (Å²) in [5.41, 5.74) is 3.77. The number of rotatable bonds is 5. The molecule has 102 valence electrons. The molecule has 0 radical (unpaired) electrons. The van der Waals surface area contributed by atoms with E-state index < -0.39 is 0 Å². The van der Waals surface area contributed by atoms with Gasteiger partial charge in [0.2, 0.25) is 0 Å². The molecule has 2 aromatic rings. The summed E-state index contributed by atoms with van der Waals surface area (Å²) >= 11 is 2.12. The Morgan fingerprint density at radius 2 is 2.32 bits per heavy atom. The SMILES string of the molecule is CCn1ccnc1CC(NN)c1ccc(F)cc1I. The predicted octanol–water partition coefficient (Wildman–Crippen LogP) is 2.39. The van der Waals surface area contributed by atoms with Gasteiger partial charge in [0, 0.05) is 28.9 Å². The highest BCUT2D eigenvalue weighted by atomic mass is 127. The molecular formula is C13H16FIN4. The number of nitrogens with zero attached hydrogens (tertiary/aromatic N) is 2. The summed E-state index contributed by atoms with van der Waals surface area (Å²) in [5.74, 6) is 6.36. The highest BCUT2D eigenvalue weighted by Crippen LogP contribution is 2.23.